The molecule has 0 saturated carbocycles. The molecule has 0 amide bonds. The molecule has 0 radical (unpaired) electrons. The molecule has 0 aliphatic rings. The van der Waals surface area contributed by atoms with Gasteiger partial charge in [-0.25, -0.2) is 9.97 Å². The summed E-state index contributed by atoms with van der Waals surface area (Å²) >= 11 is 2.84. The molecule has 3 heterocycles. The van der Waals surface area contributed by atoms with Gasteiger partial charge in [-0.15, -0.1) is 11.3 Å². The van der Waals surface area contributed by atoms with Crippen LogP contribution in [-0.2, 0) is 6.54 Å². The Morgan fingerprint density at radius 2 is 2.32 bits per heavy atom. The van der Waals surface area contributed by atoms with Crippen LogP contribution >= 0.6 is 23.1 Å². The Morgan fingerprint density at radius 1 is 1.47 bits per heavy atom. The van der Waals surface area contributed by atoms with E-state index in [-0.39, 0.29) is 12.1 Å². The SMILES string of the molecule is CSc1nc2ncn(Cc3noc(C)n3)c(=O)c2s1. The maximum Gasteiger partial charge on any atom is 0.273 e. The van der Waals surface area contributed by atoms with Gasteiger partial charge in [0.1, 0.15) is 11.0 Å². The molecule has 0 bridgehead atoms. The smallest absolute Gasteiger partial charge is 0.273 e. The van der Waals surface area contributed by atoms with Crippen LogP contribution < -0.4 is 5.56 Å². The third-order valence-corrected chi connectivity index (χ3v) is 4.44. The number of hydrogen-bond donors (Lipinski definition) is 0. The Bertz CT molecular complexity index is 791. The highest BCUT2D eigenvalue weighted by molar-refractivity contribution is 8.00. The molecule has 0 saturated heterocycles. The number of thioether (sulfide) groups is 1. The summed E-state index contributed by atoms with van der Waals surface area (Å²) in [5.41, 5.74) is 0.352. The third-order valence-electron chi connectivity index (χ3n) is 2.42. The molecule has 7 nitrogen and oxygen atoms in total. The lowest BCUT2D eigenvalue weighted by molar-refractivity contribution is 0.386. The minimum Gasteiger partial charge on any atom is -0.340 e. The van der Waals surface area contributed by atoms with Crippen LogP contribution in [0.3, 0.4) is 0 Å². The van der Waals surface area contributed by atoms with Gasteiger partial charge in [-0.05, 0) is 6.26 Å². The number of hydrogen-bond acceptors (Lipinski definition) is 8. The lowest BCUT2D eigenvalue weighted by Gasteiger charge is -1.99. The van der Waals surface area contributed by atoms with Crippen LogP contribution in [0, 0.1) is 6.92 Å². The molecule has 3 aromatic heterocycles. The second-order valence-corrected chi connectivity index (χ2v) is 5.80. The first-order valence-electron chi connectivity index (χ1n) is 5.36. The van der Waals surface area contributed by atoms with Crippen LogP contribution in [0.25, 0.3) is 10.3 Å². The quantitative estimate of drug-likeness (QED) is 0.673. The van der Waals surface area contributed by atoms with Crippen molar-refractivity contribution in [2.24, 2.45) is 0 Å². The Labute approximate surface area is 115 Å². The molecule has 0 aliphatic carbocycles. The molecule has 0 fully saturated rings. The number of fused-ring (bicyclic) bond motifs is 1. The van der Waals surface area contributed by atoms with E-state index in [1.165, 1.54) is 34.0 Å². The van der Waals surface area contributed by atoms with Crippen LogP contribution in [0.4, 0.5) is 0 Å². The molecular weight excluding hydrogens is 286 g/mol. The summed E-state index contributed by atoms with van der Waals surface area (Å²) in [4.78, 5) is 24.8. The van der Waals surface area contributed by atoms with Gasteiger partial charge in [0.15, 0.2) is 15.8 Å². The van der Waals surface area contributed by atoms with Gasteiger partial charge in [0.2, 0.25) is 5.89 Å². The average molecular weight is 295 g/mol. The third kappa shape index (κ3) is 2.26. The first kappa shape index (κ1) is 12.3. The van der Waals surface area contributed by atoms with Crippen LogP contribution in [0.5, 0.6) is 0 Å². The topological polar surface area (TPSA) is 86.7 Å². The highest BCUT2D eigenvalue weighted by atomic mass is 32.2. The Kier molecular flexibility index (Phi) is 3.07. The predicted molar refractivity (Wildman–Crippen MR) is 71.6 cm³/mol. The van der Waals surface area contributed by atoms with Gasteiger partial charge >= 0.3 is 0 Å². The van der Waals surface area contributed by atoms with Crippen molar-refractivity contribution in [1.82, 2.24) is 24.7 Å². The largest absolute Gasteiger partial charge is 0.340 e. The molecular formula is C10H9N5O2S2. The Morgan fingerprint density at radius 3 is 3.00 bits per heavy atom. The van der Waals surface area contributed by atoms with Gasteiger partial charge in [-0.1, -0.05) is 16.9 Å². The molecule has 9 heteroatoms. The van der Waals surface area contributed by atoms with E-state index in [0.29, 0.717) is 22.1 Å². The molecule has 0 atom stereocenters. The van der Waals surface area contributed by atoms with Crippen molar-refractivity contribution in [1.29, 1.82) is 0 Å². The second kappa shape index (κ2) is 4.74. The molecule has 0 aromatic carbocycles. The van der Waals surface area contributed by atoms with Gasteiger partial charge in [-0.2, -0.15) is 4.98 Å². The van der Waals surface area contributed by atoms with E-state index in [1.807, 2.05) is 6.26 Å². The highest BCUT2D eigenvalue weighted by Crippen LogP contribution is 2.24. The van der Waals surface area contributed by atoms with Crippen molar-refractivity contribution >= 4 is 33.4 Å². The maximum atomic E-state index is 12.3. The van der Waals surface area contributed by atoms with E-state index in [4.69, 9.17) is 4.52 Å². The molecule has 3 rings (SSSR count). The summed E-state index contributed by atoms with van der Waals surface area (Å²) in [6.07, 6.45) is 3.37. The molecule has 19 heavy (non-hydrogen) atoms. The molecule has 98 valence electrons. The van der Waals surface area contributed by atoms with Gasteiger partial charge < -0.3 is 4.52 Å². The highest BCUT2D eigenvalue weighted by Gasteiger charge is 2.12. The van der Waals surface area contributed by atoms with Crippen LogP contribution in [0.1, 0.15) is 11.7 Å². The summed E-state index contributed by atoms with van der Waals surface area (Å²) in [6, 6.07) is 0. The van der Waals surface area contributed by atoms with Crippen LogP contribution in [0.2, 0.25) is 0 Å². The van der Waals surface area contributed by atoms with Gasteiger partial charge in [0.25, 0.3) is 5.56 Å². The number of thiazole rings is 1. The lowest BCUT2D eigenvalue weighted by atomic mass is 10.5. The fourth-order valence-electron chi connectivity index (χ4n) is 1.58. The van der Waals surface area contributed by atoms with E-state index in [0.717, 1.165) is 4.34 Å². The zero-order chi connectivity index (χ0) is 13.4. The van der Waals surface area contributed by atoms with Crippen LogP contribution in [0.15, 0.2) is 20.0 Å². The van der Waals surface area contributed by atoms with Gasteiger partial charge in [0.05, 0.1) is 6.54 Å². The zero-order valence-electron chi connectivity index (χ0n) is 10.2. The average Bonchev–Trinajstić information content (AvgIpc) is 2.99. The maximum absolute atomic E-state index is 12.3. The van der Waals surface area contributed by atoms with Gasteiger partial charge in [0, 0.05) is 6.92 Å². The zero-order valence-corrected chi connectivity index (χ0v) is 11.8. The Balaban J connectivity index is 2.04. The first-order valence-corrected chi connectivity index (χ1v) is 7.40. The molecule has 0 aliphatic heterocycles. The van der Waals surface area contributed by atoms with E-state index in [2.05, 4.69) is 20.1 Å². The van der Waals surface area contributed by atoms with Gasteiger partial charge in [-0.3, -0.25) is 9.36 Å². The molecule has 0 unspecified atom stereocenters. The summed E-state index contributed by atoms with van der Waals surface area (Å²) in [6.45, 7) is 1.94. The minimum absolute atomic E-state index is 0.134. The van der Waals surface area contributed by atoms with Crippen molar-refractivity contribution in [3.05, 3.63) is 28.4 Å². The van der Waals surface area contributed by atoms with Crippen molar-refractivity contribution in [2.75, 3.05) is 6.26 Å². The fourth-order valence-corrected chi connectivity index (χ4v) is 3.05. The number of nitrogens with zero attached hydrogens (tertiary/aromatic N) is 5. The number of aromatic nitrogens is 5. The second-order valence-electron chi connectivity index (χ2n) is 3.74. The first-order chi connectivity index (χ1) is 9.17. The fraction of sp³-hybridized carbons (Fsp3) is 0.300. The standard InChI is InChI=1S/C10H9N5O2S2/c1-5-12-6(14-17-5)3-15-4-11-8-7(9(15)16)19-10(13-8)18-2/h4H,3H2,1-2H3. The minimum atomic E-state index is -0.134. The monoisotopic (exact) mass is 295 g/mol. The normalized spacial score (nSPS) is 11.3. The van der Waals surface area contributed by atoms with E-state index >= 15 is 0 Å². The summed E-state index contributed by atoms with van der Waals surface area (Å²) in [5.74, 6) is 0.926. The molecule has 3 aromatic rings. The number of rotatable bonds is 3. The lowest BCUT2D eigenvalue weighted by Crippen LogP contribution is -2.20. The Hall–Kier alpha value is -1.74. The van der Waals surface area contributed by atoms with Crippen molar-refractivity contribution in [3.63, 3.8) is 0 Å². The van der Waals surface area contributed by atoms with E-state index in [9.17, 15) is 4.79 Å². The van der Waals surface area contributed by atoms with Crippen LogP contribution in [-0.4, -0.2) is 30.9 Å². The molecule has 0 spiro atoms. The molecule has 0 N–H and O–H groups in total. The van der Waals surface area contributed by atoms with Crippen molar-refractivity contribution < 1.29 is 4.52 Å². The summed E-state index contributed by atoms with van der Waals surface area (Å²) in [7, 11) is 0. The van der Waals surface area contributed by atoms with Crippen molar-refractivity contribution in [3.8, 4) is 0 Å². The summed E-state index contributed by atoms with van der Waals surface area (Å²) in [5, 5.41) is 3.76. The van der Waals surface area contributed by atoms with E-state index in [1.54, 1.807) is 6.92 Å². The predicted octanol–water partition coefficient (Wildman–Crippen LogP) is 1.31. The number of aryl methyl sites for hydroxylation is 1. The van der Waals surface area contributed by atoms with Crippen molar-refractivity contribution in [2.45, 2.75) is 17.8 Å². The van der Waals surface area contributed by atoms with E-state index < -0.39 is 0 Å². The summed E-state index contributed by atoms with van der Waals surface area (Å²) < 4.78 is 7.70.